The predicted molar refractivity (Wildman–Crippen MR) is 74.0 cm³/mol. The largest absolute Gasteiger partial charge is 0.457 e. The van der Waals surface area contributed by atoms with Gasteiger partial charge in [-0.05, 0) is 23.1 Å². The molecule has 0 aliphatic heterocycles. The van der Waals surface area contributed by atoms with Gasteiger partial charge in [-0.2, -0.15) is 0 Å². The van der Waals surface area contributed by atoms with Gasteiger partial charge in [-0.3, -0.25) is 0 Å². The van der Waals surface area contributed by atoms with Crippen LogP contribution >= 0.6 is 0 Å². The third-order valence-electron chi connectivity index (χ3n) is 2.99. The lowest BCUT2D eigenvalue weighted by Gasteiger charge is -2.18. The van der Waals surface area contributed by atoms with Gasteiger partial charge in [0, 0.05) is 10.6 Å². The number of benzene rings is 1. The molecule has 0 aliphatic carbocycles. The molecule has 0 spiro atoms. The van der Waals surface area contributed by atoms with E-state index in [1.165, 1.54) is 0 Å². The summed E-state index contributed by atoms with van der Waals surface area (Å²) in [6.07, 6.45) is 2.08. The van der Waals surface area contributed by atoms with Crippen LogP contribution in [0.25, 0.3) is 23.6 Å². The Kier molecular flexibility index (Phi) is 2.70. The second-order valence-electron chi connectivity index (χ2n) is 5.35. The number of hydrogen-bond acceptors (Lipinski definition) is 1. The minimum atomic E-state index is 0.0603. The van der Waals surface area contributed by atoms with E-state index in [0.29, 0.717) is 5.42 Å². The highest BCUT2D eigenvalue weighted by atomic mass is 16.3. The van der Waals surface area contributed by atoms with Crippen LogP contribution in [0.2, 0.25) is 0 Å². The van der Waals surface area contributed by atoms with Crippen molar-refractivity contribution in [2.75, 3.05) is 0 Å². The average Bonchev–Trinajstić information content (AvgIpc) is 2.54. The first-order valence-electron chi connectivity index (χ1n) is 5.77. The number of allylic oxidation sites excluding steroid dienone is 1. The van der Waals surface area contributed by atoms with Crippen LogP contribution in [0.15, 0.2) is 40.8 Å². The molecule has 0 N–H and O–H groups in total. The van der Waals surface area contributed by atoms with Crippen LogP contribution in [-0.4, -0.2) is 0 Å². The molecule has 2 rings (SSSR count). The summed E-state index contributed by atoms with van der Waals surface area (Å²) in [5, 5.41) is 2.14. The van der Waals surface area contributed by atoms with Gasteiger partial charge in [-0.25, -0.2) is 0 Å². The van der Waals surface area contributed by atoms with Crippen LogP contribution in [-0.2, 0) is 0 Å². The fourth-order valence-corrected chi connectivity index (χ4v) is 1.67. The van der Waals surface area contributed by atoms with Crippen molar-refractivity contribution in [2.24, 2.45) is 5.41 Å². The summed E-state index contributed by atoms with van der Waals surface area (Å²) in [6.45, 7) is 14.5. The molecule has 0 fully saturated rings. The van der Waals surface area contributed by atoms with E-state index in [4.69, 9.17) is 4.42 Å². The zero-order chi connectivity index (χ0) is 12.6. The first-order chi connectivity index (χ1) is 7.89. The Balaban J connectivity index is 2.72. The molecule has 0 aliphatic rings. The monoisotopic (exact) mass is 226 g/mol. The van der Waals surface area contributed by atoms with Crippen molar-refractivity contribution in [3.63, 3.8) is 0 Å². The zero-order valence-electron chi connectivity index (χ0n) is 10.7. The highest BCUT2D eigenvalue weighted by Gasteiger charge is 2.13. The minimum absolute atomic E-state index is 0.0603. The molecule has 0 amide bonds. The second-order valence-corrected chi connectivity index (χ2v) is 5.35. The topological polar surface area (TPSA) is 13.1 Å². The summed E-state index contributed by atoms with van der Waals surface area (Å²) in [5.74, 6) is 0. The van der Waals surface area contributed by atoms with Gasteiger partial charge in [-0.15, -0.1) is 0 Å². The highest BCUT2D eigenvalue weighted by Crippen LogP contribution is 2.24. The molecule has 17 heavy (non-hydrogen) atoms. The van der Waals surface area contributed by atoms with E-state index in [-0.39, 0.29) is 5.41 Å². The molecule has 88 valence electrons. The smallest absolute Gasteiger partial charge is 0.135 e. The molecule has 2 aromatic rings. The molecular formula is C16H18O. The average molecular weight is 226 g/mol. The third kappa shape index (κ3) is 2.19. The Morgan fingerprint density at radius 1 is 1.24 bits per heavy atom. The van der Waals surface area contributed by atoms with Crippen molar-refractivity contribution >= 4 is 23.6 Å². The Morgan fingerprint density at radius 3 is 2.53 bits per heavy atom. The summed E-state index contributed by atoms with van der Waals surface area (Å²) in [5.41, 5.74) is 2.72. The fourth-order valence-electron chi connectivity index (χ4n) is 1.67. The minimum Gasteiger partial charge on any atom is -0.457 e. The maximum Gasteiger partial charge on any atom is 0.135 e. The molecule has 1 heteroatoms. The molecule has 0 saturated carbocycles. The van der Waals surface area contributed by atoms with Gasteiger partial charge < -0.3 is 4.42 Å². The number of fused-ring (bicyclic) bond motifs is 1. The number of para-hydroxylation sites is 1. The summed E-state index contributed by atoms with van der Waals surface area (Å²) in [6, 6.07) is 7.98. The number of hydrogen-bond donors (Lipinski definition) is 0. The van der Waals surface area contributed by atoms with Crippen molar-refractivity contribution < 1.29 is 4.42 Å². The first-order valence-corrected chi connectivity index (χ1v) is 5.77. The normalized spacial score (nSPS) is 13.2. The molecular weight excluding hydrogens is 208 g/mol. The molecule has 1 aromatic heterocycles. The molecule has 1 aromatic carbocycles. The summed E-state index contributed by atoms with van der Waals surface area (Å²) in [7, 11) is 0. The van der Waals surface area contributed by atoms with Gasteiger partial charge in [0.2, 0.25) is 0 Å². The number of furan rings is 1. The lowest BCUT2D eigenvalue weighted by atomic mass is 9.87. The van der Waals surface area contributed by atoms with Gasteiger partial charge in [0.05, 0.1) is 0 Å². The van der Waals surface area contributed by atoms with Crippen LogP contribution in [0.4, 0.5) is 0 Å². The molecule has 0 unspecified atom stereocenters. The molecule has 0 atom stereocenters. The summed E-state index contributed by atoms with van der Waals surface area (Å²) >= 11 is 0. The maximum atomic E-state index is 5.63. The summed E-state index contributed by atoms with van der Waals surface area (Å²) < 4.78 is 5.63. The predicted octanol–water partition coefficient (Wildman–Crippen LogP) is 3.23. The highest BCUT2D eigenvalue weighted by molar-refractivity contribution is 5.79. The summed E-state index contributed by atoms with van der Waals surface area (Å²) in [4.78, 5) is 0. The van der Waals surface area contributed by atoms with Gasteiger partial charge in [0.25, 0.3) is 0 Å². The van der Waals surface area contributed by atoms with Crippen molar-refractivity contribution in [3.8, 4) is 0 Å². The second kappa shape index (κ2) is 3.92. The molecule has 0 saturated heterocycles. The van der Waals surface area contributed by atoms with E-state index < -0.39 is 0 Å². The molecule has 1 nitrogen and oxygen atoms in total. The van der Waals surface area contributed by atoms with E-state index in [1.807, 2.05) is 18.2 Å². The van der Waals surface area contributed by atoms with E-state index >= 15 is 0 Å². The van der Waals surface area contributed by atoms with E-state index in [0.717, 1.165) is 21.8 Å². The van der Waals surface area contributed by atoms with Gasteiger partial charge in [0.1, 0.15) is 11.0 Å². The Bertz CT molecular complexity index is 666. The van der Waals surface area contributed by atoms with Crippen molar-refractivity contribution in [2.45, 2.75) is 20.8 Å². The Morgan fingerprint density at radius 2 is 1.88 bits per heavy atom. The van der Waals surface area contributed by atoms with E-state index in [9.17, 15) is 0 Å². The Hall–Kier alpha value is -1.76. The van der Waals surface area contributed by atoms with Gasteiger partial charge in [0.15, 0.2) is 0 Å². The van der Waals surface area contributed by atoms with Crippen LogP contribution in [0.3, 0.4) is 0 Å². The SMILES string of the molecule is C=C(/C=c1\c(=C)oc2ccccc12)C(C)(C)C. The Labute approximate surface area is 102 Å². The van der Waals surface area contributed by atoms with E-state index in [2.05, 4.69) is 46.1 Å². The van der Waals surface area contributed by atoms with E-state index in [1.54, 1.807) is 0 Å². The van der Waals surface area contributed by atoms with Crippen LogP contribution in [0, 0.1) is 5.41 Å². The zero-order valence-corrected chi connectivity index (χ0v) is 10.7. The van der Waals surface area contributed by atoms with Crippen LogP contribution < -0.4 is 10.6 Å². The lowest BCUT2D eigenvalue weighted by Crippen LogP contribution is -2.20. The quantitative estimate of drug-likeness (QED) is 0.727. The first kappa shape index (κ1) is 11.7. The van der Waals surface area contributed by atoms with Crippen LogP contribution in [0.5, 0.6) is 0 Å². The van der Waals surface area contributed by atoms with Gasteiger partial charge >= 0.3 is 0 Å². The lowest BCUT2D eigenvalue weighted by molar-refractivity contribution is 0.525. The van der Waals surface area contributed by atoms with Gasteiger partial charge in [-0.1, -0.05) is 52.1 Å². The van der Waals surface area contributed by atoms with Crippen molar-refractivity contribution in [3.05, 3.63) is 47.1 Å². The van der Waals surface area contributed by atoms with Crippen molar-refractivity contribution in [1.82, 2.24) is 0 Å². The standard InChI is InChI=1S/C16H18O/c1-11(16(3,4)5)10-14-12(2)17-15-9-7-6-8-13(14)15/h6-10H,1-2H2,3-5H3/b14-10+. The molecule has 0 bridgehead atoms. The van der Waals surface area contributed by atoms with Crippen molar-refractivity contribution in [1.29, 1.82) is 0 Å². The third-order valence-corrected chi connectivity index (χ3v) is 2.99. The molecule has 0 radical (unpaired) electrons. The van der Waals surface area contributed by atoms with Crippen LogP contribution in [0.1, 0.15) is 20.8 Å². The maximum absolute atomic E-state index is 5.63. The fraction of sp³-hybridized carbons (Fsp3) is 0.250. The number of rotatable bonds is 1. The molecule has 1 heterocycles.